The van der Waals surface area contributed by atoms with E-state index in [1.165, 1.54) is 0 Å². The van der Waals surface area contributed by atoms with Crippen molar-refractivity contribution in [2.75, 3.05) is 0 Å². The maximum Gasteiger partial charge on any atom is 0.221 e. The van der Waals surface area contributed by atoms with Gasteiger partial charge in [-0.2, -0.15) is 0 Å². The first kappa shape index (κ1) is 9.02. The second kappa shape index (κ2) is 3.31. The van der Waals surface area contributed by atoms with Crippen molar-refractivity contribution in [1.82, 2.24) is 4.98 Å². The summed E-state index contributed by atoms with van der Waals surface area (Å²) >= 11 is 0. The number of aromatic amines is 1. The Labute approximate surface area is 82.3 Å². The van der Waals surface area contributed by atoms with Crippen LogP contribution in [0.3, 0.4) is 0 Å². The van der Waals surface area contributed by atoms with Crippen molar-refractivity contribution in [3.63, 3.8) is 0 Å². The van der Waals surface area contributed by atoms with Gasteiger partial charge in [-0.3, -0.25) is 0 Å². The van der Waals surface area contributed by atoms with Crippen LogP contribution in [-0.4, -0.2) is 13.4 Å². The fraction of sp³-hybridized carbons (Fsp3) is 0. The zero-order chi connectivity index (χ0) is 10.0. The number of hydrogen-bond donors (Lipinski definition) is 1. The highest BCUT2D eigenvalue weighted by molar-refractivity contribution is 7.91. The van der Waals surface area contributed by atoms with Gasteiger partial charge >= 0.3 is 0 Å². The third-order valence-electron chi connectivity index (χ3n) is 1.91. The molecule has 1 aromatic heterocycles. The summed E-state index contributed by atoms with van der Waals surface area (Å²) in [5.74, 6) is 0. The van der Waals surface area contributed by atoms with Crippen molar-refractivity contribution in [2.45, 2.75) is 9.92 Å². The van der Waals surface area contributed by atoms with Crippen molar-refractivity contribution in [3.8, 4) is 0 Å². The molecule has 3 nitrogen and oxygen atoms in total. The molecular formula is C10H9NO2S. The van der Waals surface area contributed by atoms with Crippen LogP contribution in [0.5, 0.6) is 0 Å². The summed E-state index contributed by atoms with van der Waals surface area (Å²) in [5.41, 5.74) is 0. The van der Waals surface area contributed by atoms with Gasteiger partial charge in [0, 0.05) is 6.20 Å². The van der Waals surface area contributed by atoms with E-state index in [-0.39, 0.29) is 5.03 Å². The number of aromatic nitrogens is 1. The van der Waals surface area contributed by atoms with Crippen molar-refractivity contribution in [1.29, 1.82) is 0 Å². The summed E-state index contributed by atoms with van der Waals surface area (Å²) in [6.07, 6.45) is 1.59. The number of sulfone groups is 1. The number of rotatable bonds is 2. The molecule has 0 saturated carbocycles. The topological polar surface area (TPSA) is 49.9 Å². The molecule has 0 amide bonds. The Balaban J connectivity index is 2.55. The molecule has 2 aromatic rings. The minimum atomic E-state index is -3.35. The molecule has 4 heteroatoms. The van der Waals surface area contributed by atoms with Crippen LogP contribution in [0.25, 0.3) is 0 Å². The average molecular weight is 207 g/mol. The lowest BCUT2D eigenvalue weighted by Crippen LogP contribution is -2.01. The van der Waals surface area contributed by atoms with Crippen LogP contribution < -0.4 is 0 Å². The molecule has 0 atom stereocenters. The van der Waals surface area contributed by atoms with E-state index in [0.717, 1.165) is 0 Å². The molecule has 0 aliphatic heterocycles. The Morgan fingerprint density at radius 3 is 2.21 bits per heavy atom. The molecule has 0 saturated heterocycles. The molecular weight excluding hydrogens is 198 g/mol. The van der Waals surface area contributed by atoms with Gasteiger partial charge in [0.05, 0.1) is 4.90 Å². The summed E-state index contributed by atoms with van der Waals surface area (Å²) in [4.78, 5) is 3.00. The Morgan fingerprint density at radius 1 is 0.929 bits per heavy atom. The molecule has 0 bridgehead atoms. The minimum Gasteiger partial charge on any atom is -0.352 e. The smallest absolute Gasteiger partial charge is 0.221 e. The Morgan fingerprint density at radius 2 is 1.64 bits per heavy atom. The zero-order valence-corrected chi connectivity index (χ0v) is 8.16. The summed E-state index contributed by atoms with van der Waals surface area (Å²) in [6, 6.07) is 11.6. The van der Waals surface area contributed by atoms with Gasteiger partial charge in [-0.1, -0.05) is 18.2 Å². The van der Waals surface area contributed by atoms with Crippen LogP contribution in [-0.2, 0) is 9.84 Å². The summed E-state index contributed by atoms with van der Waals surface area (Å²) in [7, 11) is -3.35. The van der Waals surface area contributed by atoms with E-state index < -0.39 is 9.84 Å². The first-order valence-electron chi connectivity index (χ1n) is 4.15. The van der Waals surface area contributed by atoms with Crippen LogP contribution in [0.1, 0.15) is 0 Å². The molecule has 0 fully saturated rings. The third-order valence-corrected chi connectivity index (χ3v) is 3.64. The second-order valence-corrected chi connectivity index (χ2v) is 4.77. The number of nitrogens with one attached hydrogen (secondary N) is 1. The van der Waals surface area contributed by atoms with E-state index in [1.807, 2.05) is 0 Å². The van der Waals surface area contributed by atoms with Gasteiger partial charge in [0.1, 0.15) is 5.03 Å². The van der Waals surface area contributed by atoms with E-state index >= 15 is 0 Å². The predicted octanol–water partition coefficient (Wildman–Crippen LogP) is 1.85. The summed E-state index contributed by atoms with van der Waals surface area (Å²) in [5, 5.41) is 0.226. The van der Waals surface area contributed by atoms with Gasteiger partial charge in [0.2, 0.25) is 9.84 Å². The fourth-order valence-corrected chi connectivity index (χ4v) is 2.46. The largest absolute Gasteiger partial charge is 0.352 e. The van der Waals surface area contributed by atoms with E-state index in [2.05, 4.69) is 4.98 Å². The van der Waals surface area contributed by atoms with Crippen LogP contribution in [0.2, 0.25) is 0 Å². The van der Waals surface area contributed by atoms with E-state index in [4.69, 9.17) is 0 Å². The lowest BCUT2D eigenvalue weighted by atomic mass is 10.4. The quantitative estimate of drug-likeness (QED) is 0.817. The molecule has 72 valence electrons. The van der Waals surface area contributed by atoms with Crippen molar-refractivity contribution >= 4 is 9.84 Å². The number of H-pyrrole nitrogens is 1. The Kier molecular flexibility index (Phi) is 2.13. The second-order valence-electron chi connectivity index (χ2n) is 2.85. The maximum atomic E-state index is 11.9. The zero-order valence-electron chi connectivity index (χ0n) is 7.34. The minimum absolute atomic E-state index is 0.226. The SMILES string of the molecule is O=S(=O)(c1ccccc1)c1ccc[nH]1. The van der Waals surface area contributed by atoms with Gasteiger partial charge in [-0.05, 0) is 24.3 Å². The van der Waals surface area contributed by atoms with Gasteiger partial charge in [-0.25, -0.2) is 8.42 Å². The molecule has 2 rings (SSSR count). The molecule has 0 radical (unpaired) electrons. The Bertz CT molecular complexity index is 500. The van der Waals surface area contributed by atoms with Gasteiger partial charge in [-0.15, -0.1) is 0 Å². The fourth-order valence-electron chi connectivity index (χ4n) is 1.21. The van der Waals surface area contributed by atoms with Crippen LogP contribution in [0.4, 0.5) is 0 Å². The van der Waals surface area contributed by atoms with E-state index in [9.17, 15) is 8.42 Å². The monoisotopic (exact) mass is 207 g/mol. The molecule has 0 spiro atoms. The first-order chi connectivity index (χ1) is 6.71. The van der Waals surface area contributed by atoms with Gasteiger partial charge in [0.15, 0.2) is 0 Å². The molecule has 0 unspecified atom stereocenters. The normalized spacial score (nSPS) is 11.4. The predicted molar refractivity (Wildman–Crippen MR) is 52.7 cm³/mol. The molecule has 1 N–H and O–H groups in total. The lowest BCUT2D eigenvalue weighted by Gasteiger charge is -2.00. The Hall–Kier alpha value is -1.55. The lowest BCUT2D eigenvalue weighted by molar-refractivity contribution is 0.593. The van der Waals surface area contributed by atoms with Crippen molar-refractivity contribution in [3.05, 3.63) is 48.7 Å². The molecule has 14 heavy (non-hydrogen) atoms. The summed E-state index contributed by atoms with van der Waals surface area (Å²) < 4.78 is 23.7. The number of hydrogen-bond acceptors (Lipinski definition) is 2. The first-order valence-corrected chi connectivity index (χ1v) is 5.63. The highest BCUT2D eigenvalue weighted by atomic mass is 32.2. The molecule has 1 aromatic carbocycles. The molecule has 1 heterocycles. The highest BCUT2D eigenvalue weighted by Crippen LogP contribution is 2.17. The highest BCUT2D eigenvalue weighted by Gasteiger charge is 2.16. The van der Waals surface area contributed by atoms with Crippen molar-refractivity contribution < 1.29 is 8.42 Å². The molecule has 0 aliphatic rings. The van der Waals surface area contributed by atoms with Crippen LogP contribution >= 0.6 is 0 Å². The molecule has 0 aliphatic carbocycles. The third kappa shape index (κ3) is 1.44. The average Bonchev–Trinajstić information content (AvgIpc) is 2.72. The van der Waals surface area contributed by atoms with Crippen LogP contribution in [0.15, 0.2) is 58.6 Å². The standard InChI is InChI=1S/C10H9NO2S/c12-14(13,10-7-4-8-11-10)9-5-2-1-3-6-9/h1-8,11H. The van der Waals surface area contributed by atoms with Crippen LogP contribution in [0, 0.1) is 0 Å². The van der Waals surface area contributed by atoms with E-state index in [1.54, 1.807) is 48.7 Å². The maximum absolute atomic E-state index is 11.9. The summed E-state index contributed by atoms with van der Waals surface area (Å²) in [6.45, 7) is 0. The number of benzene rings is 1. The van der Waals surface area contributed by atoms with E-state index in [0.29, 0.717) is 4.90 Å². The van der Waals surface area contributed by atoms with Gasteiger partial charge in [0.25, 0.3) is 0 Å². The van der Waals surface area contributed by atoms with Gasteiger partial charge < -0.3 is 4.98 Å². The van der Waals surface area contributed by atoms with Crippen molar-refractivity contribution in [2.24, 2.45) is 0 Å².